The van der Waals surface area contributed by atoms with Gasteiger partial charge >= 0.3 is 0 Å². The van der Waals surface area contributed by atoms with Crippen LogP contribution in [0.1, 0.15) is 16.7 Å². The fourth-order valence-corrected chi connectivity index (χ4v) is 2.98. The number of allylic oxidation sites excluding steroid dienone is 1. The van der Waals surface area contributed by atoms with Gasteiger partial charge in [0.2, 0.25) is 5.89 Å². The van der Waals surface area contributed by atoms with E-state index in [2.05, 4.69) is 23.8 Å². The predicted octanol–water partition coefficient (Wildman–Crippen LogP) is 6.44. The van der Waals surface area contributed by atoms with Crippen molar-refractivity contribution < 1.29 is 9.34 Å². The van der Waals surface area contributed by atoms with Crippen molar-refractivity contribution in [3.8, 4) is 11.5 Å². The number of aryl methyl sites for hydroxylation is 2. The van der Waals surface area contributed by atoms with Gasteiger partial charge in [0.05, 0.1) is 10.6 Å². The number of nitro benzene ring substituents is 1. The summed E-state index contributed by atoms with van der Waals surface area (Å²) in [6.45, 7) is 4.12. The first-order valence-corrected chi connectivity index (χ1v) is 9.43. The summed E-state index contributed by atoms with van der Waals surface area (Å²) < 4.78 is 5.90. The van der Waals surface area contributed by atoms with E-state index in [1.807, 2.05) is 42.5 Å². The third-order valence-electron chi connectivity index (χ3n) is 4.82. The first-order chi connectivity index (χ1) is 14.5. The van der Waals surface area contributed by atoms with Gasteiger partial charge in [0, 0.05) is 23.9 Å². The average molecular weight is 397 g/mol. The number of oxazole rings is 1. The molecule has 4 aromatic rings. The molecule has 3 aromatic carbocycles. The Labute approximate surface area is 173 Å². The van der Waals surface area contributed by atoms with Crippen molar-refractivity contribution in [3.63, 3.8) is 0 Å². The monoisotopic (exact) mass is 397 g/mol. The van der Waals surface area contributed by atoms with Crippen LogP contribution in [0.2, 0.25) is 0 Å². The fraction of sp³-hybridized carbons (Fsp3) is 0.0833. The summed E-state index contributed by atoms with van der Waals surface area (Å²) in [5, 5.41) is 10.7. The third kappa shape index (κ3) is 4.17. The summed E-state index contributed by atoms with van der Waals surface area (Å²) in [5.41, 5.74) is 6.63. The van der Waals surface area contributed by atoms with Crippen molar-refractivity contribution >= 4 is 34.8 Å². The summed E-state index contributed by atoms with van der Waals surface area (Å²) in [6, 6.07) is 18.0. The lowest BCUT2D eigenvalue weighted by atomic mass is 10.1. The zero-order chi connectivity index (χ0) is 21.1. The van der Waals surface area contributed by atoms with Gasteiger partial charge in [0.1, 0.15) is 5.52 Å². The number of fused-ring (bicyclic) bond motifs is 1. The minimum absolute atomic E-state index is 0.0742. The minimum Gasteiger partial charge on any atom is -0.436 e. The van der Waals surface area contributed by atoms with Crippen LogP contribution < -0.4 is 0 Å². The maximum Gasteiger partial charge on any atom is 0.269 e. The van der Waals surface area contributed by atoms with Crippen molar-refractivity contribution in [1.82, 2.24) is 4.98 Å². The smallest absolute Gasteiger partial charge is 0.269 e. The first kappa shape index (κ1) is 19.3. The number of aromatic nitrogens is 1. The number of nitro groups is 1. The van der Waals surface area contributed by atoms with Gasteiger partial charge in [-0.25, -0.2) is 4.98 Å². The molecule has 0 aliphatic heterocycles. The average Bonchev–Trinajstić information content (AvgIpc) is 3.15. The number of benzene rings is 3. The van der Waals surface area contributed by atoms with Crippen LogP contribution in [0, 0.1) is 24.0 Å². The Balaban J connectivity index is 1.45. The van der Waals surface area contributed by atoms with E-state index < -0.39 is 4.92 Å². The number of nitrogens with zero attached hydrogens (tertiary/aromatic N) is 3. The number of rotatable bonds is 5. The Bertz CT molecular complexity index is 1230. The van der Waals surface area contributed by atoms with E-state index in [1.165, 1.54) is 23.3 Å². The zero-order valence-electron chi connectivity index (χ0n) is 16.6. The van der Waals surface area contributed by atoms with E-state index in [0.717, 1.165) is 27.9 Å². The van der Waals surface area contributed by atoms with Crippen LogP contribution in [0.25, 0.3) is 28.6 Å². The van der Waals surface area contributed by atoms with Crippen molar-refractivity contribution in [2.24, 2.45) is 4.99 Å². The molecule has 0 N–H and O–H groups in total. The molecule has 30 heavy (non-hydrogen) atoms. The molecule has 6 heteroatoms. The van der Waals surface area contributed by atoms with Crippen LogP contribution in [0.3, 0.4) is 0 Å². The molecule has 6 nitrogen and oxygen atoms in total. The molecule has 0 atom stereocenters. The molecule has 0 amide bonds. The summed E-state index contributed by atoms with van der Waals surface area (Å²) in [5.74, 6) is 0.587. The van der Waals surface area contributed by atoms with Crippen molar-refractivity contribution in [1.29, 1.82) is 0 Å². The summed E-state index contributed by atoms with van der Waals surface area (Å²) >= 11 is 0. The lowest BCUT2D eigenvalue weighted by Gasteiger charge is -1.96. The number of aliphatic imine (C=N–C) groups is 1. The predicted molar refractivity (Wildman–Crippen MR) is 119 cm³/mol. The van der Waals surface area contributed by atoms with Gasteiger partial charge in [-0.05, 0) is 85.1 Å². The van der Waals surface area contributed by atoms with Gasteiger partial charge in [0.25, 0.3) is 5.69 Å². The van der Waals surface area contributed by atoms with Gasteiger partial charge in [-0.3, -0.25) is 15.1 Å². The molecule has 4 rings (SSSR count). The molecule has 0 radical (unpaired) electrons. The van der Waals surface area contributed by atoms with Crippen LogP contribution in [-0.4, -0.2) is 16.1 Å². The van der Waals surface area contributed by atoms with Gasteiger partial charge in [0.15, 0.2) is 5.58 Å². The maximum absolute atomic E-state index is 10.7. The number of hydrogen-bond acceptors (Lipinski definition) is 5. The lowest BCUT2D eigenvalue weighted by molar-refractivity contribution is -0.384. The Morgan fingerprint density at radius 3 is 2.40 bits per heavy atom. The fourth-order valence-electron chi connectivity index (χ4n) is 2.98. The van der Waals surface area contributed by atoms with Crippen LogP contribution in [-0.2, 0) is 0 Å². The first-order valence-electron chi connectivity index (χ1n) is 9.43. The highest BCUT2D eigenvalue weighted by Gasteiger charge is 2.09. The lowest BCUT2D eigenvalue weighted by Crippen LogP contribution is -1.86. The molecular weight excluding hydrogens is 378 g/mol. The van der Waals surface area contributed by atoms with E-state index in [0.29, 0.717) is 5.89 Å². The van der Waals surface area contributed by atoms with Gasteiger partial charge in [-0.2, -0.15) is 0 Å². The van der Waals surface area contributed by atoms with E-state index in [1.54, 1.807) is 24.4 Å². The van der Waals surface area contributed by atoms with E-state index >= 15 is 0 Å². The number of hydrogen-bond donors (Lipinski definition) is 0. The molecule has 148 valence electrons. The van der Waals surface area contributed by atoms with Gasteiger partial charge in [-0.15, -0.1) is 0 Å². The number of non-ortho nitro benzene ring substituents is 1. The quantitative estimate of drug-likeness (QED) is 0.220. The van der Waals surface area contributed by atoms with Crippen molar-refractivity contribution in [2.75, 3.05) is 0 Å². The standard InChI is InChI=1S/C24H19N3O3/c1-16-14-22-23(15-17(16)2)30-24(26-22)19-7-9-20(10-8-19)25-13-3-4-18-5-11-21(12-6-18)27(28)29/h3-15H,1-2H3. The zero-order valence-corrected chi connectivity index (χ0v) is 16.6. The molecule has 0 saturated heterocycles. The molecule has 0 aliphatic rings. The van der Waals surface area contributed by atoms with E-state index in [9.17, 15) is 10.1 Å². The van der Waals surface area contributed by atoms with Gasteiger partial charge in [-0.1, -0.05) is 6.08 Å². The molecule has 0 spiro atoms. The highest BCUT2D eigenvalue weighted by molar-refractivity contribution is 5.81. The molecule has 0 bridgehead atoms. The highest BCUT2D eigenvalue weighted by Crippen LogP contribution is 2.27. The Morgan fingerprint density at radius 1 is 1.00 bits per heavy atom. The Kier molecular flexibility index (Phi) is 5.22. The molecule has 0 unspecified atom stereocenters. The highest BCUT2D eigenvalue weighted by atomic mass is 16.6. The molecule has 1 aromatic heterocycles. The van der Waals surface area contributed by atoms with E-state index in [-0.39, 0.29) is 5.69 Å². The molecule has 0 fully saturated rings. The van der Waals surface area contributed by atoms with Crippen molar-refractivity contribution in [3.05, 3.63) is 93.5 Å². The van der Waals surface area contributed by atoms with Crippen molar-refractivity contribution in [2.45, 2.75) is 13.8 Å². The molecule has 1 heterocycles. The second-order valence-corrected chi connectivity index (χ2v) is 6.96. The maximum atomic E-state index is 10.7. The van der Waals surface area contributed by atoms with Crippen LogP contribution in [0.4, 0.5) is 11.4 Å². The van der Waals surface area contributed by atoms with Gasteiger partial charge < -0.3 is 4.42 Å². The second-order valence-electron chi connectivity index (χ2n) is 6.96. The summed E-state index contributed by atoms with van der Waals surface area (Å²) in [4.78, 5) is 19.2. The van der Waals surface area contributed by atoms with Crippen LogP contribution in [0.5, 0.6) is 0 Å². The van der Waals surface area contributed by atoms with E-state index in [4.69, 9.17) is 4.42 Å². The Morgan fingerprint density at radius 2 is 1.70 bits per heavy atom. The van der Waals surface area contributed by atoms with Crippen LogP contribution in [0.15, 0.2) is 76.1 Å². The topological polar surface area (TPSA) is 81.5 Å². The Hall–Kier alpha value is -4.06. The molecule has 0 saturated carbocycles. The SMILES string of the molecule is Cc1cc2nc(-c3ccc(N=CC=Cc4ccc([N+](=O)[O-])cc4)cc3)oc2cc1C. The molecular formula is C24H19N3O3. The third-order valence-corrected chi connectivity index (χ3v) is 4.82. The summed E-state index contributed by atoms with van der Waals surface area (Å²) in [6.07, 6.45) is 5.31. The normalized spacial score (nSPS) is 11.7. The largest absolute Gasteiger partial charge is 0.436 e. The minimum atomic E-state index is -0.415. The second kappa shape index (κ2) is 8.13. The summed E-state index contributed by atoms with van der Waals surface area (Å²) in [7, 11) is 0. The molecule has 0 aliphatic carbocycles. The van der Waals surface area contributed by atoms with Crippen LogP contribution >= 0.6 is 0 Å².